The molecular weight excluding hydrogens is 835 g/mol. The highest BCUT2D eigenvalue weighted by Gasteiger charge is 2.26. The number of fused-ring (bicyclic) bond motifs is 9. The lowest BCUT2D eigenvalue weighted by atomic mass is 9.85. The lowest BCUT2D eigenvalue weighted by molar-refractivity contribution is 0.590. The van der Waals surface area contributed by atoms with E-state index in [1.54, 1.807) is 0 Å². The van der Waals surface area contributed by atoms with Gasteiger partial charge in [-0.15, -0.1) is 0 Å². The van der Waals surface area contributed by atoms with Gasteiger partial charge in [-0.3, -0.25) is 0 Å². The Labute approximate surface area is 412 Å². The fourth-order valence-electron chi connectivity index (χ4n) is 10.7. The molecule has 69 heavy (non-hydrogen) atoms. The van der Waals surface area contributed by atoms with Gasteiger partial charge in [-0.25, -0.2) is 0 Å². The van der Waals surface area contributed by atoms with Crippen molar-refractivity contribution in [1.29, 1.82) is 0 Å². The lowest BCUT2D eigenvalue weighted by Gasteiger charge is -2.21. The molecule has 0 saturated heterocycles. The van der Waals surface area contributed by atoms with Gasteiger partial charge in [-0.05, 0) is 157 Å². The first-order valence-corrected chi connectivity index (χ1v) is 25.4. The van der Waals surface area contributed by atoms with Crippen molar-refractivity contribution >= 4 is 65.4 Å². The normalized spacial score (nSPS) is 13.7. The molecule has 0 aliphatic rings. The molecule has 7 aromatic carbocycles. The van der Waals surface area contributed by atoms with Crippen LogP contribution in [0.1, 0.15) is 158 Å². The van der Waals surface area contributed by atoms with E-state index in [9.17, 15) is 0 Å². The maximum atomic E-state index is 2.54. The van der Waals surface area contributed by atoms with E-state index in [0.717, 1.165) is 17.1 Å². The zero-order valence-corrected chi connectivity index (χ0v) is 45.0. The van der Waals surface area contributed by atoms with Crippen LogP contribution in [0, 0.1) is 0 Å². The predicted molar refractivity (Wildman–Crippen MR) is 302 cm³/mol. The van der Waals surface area contributed by atoms with Gasteiger partial charge in [-0.2, -0.15) is 0 Å². The zero-order chi connectivity index (χ0) is 49.7. The van der Waals surface area contributed by atoms with E-state index in [1.807, 2.05) is 0 Å². The molecule has 0 amide bonds. The molecule has 0 bridgehead atoms. The number of hydrogen-bond acceptors (Lipinski definition) is 0. The van der Waals surface area contributed by atoms with Crippen molar-refractivity contribution in [3.05, 3.63) is 161 Å². The predicted octanol–water partition coefficient (Wildman–Crippen LogP) is 18.8. The molecule has 0 N–H and O–H groups in total. The Morgan fingerprint density at radius 1 is 0.203 bits per heavy atom. The third kappa shape index (κ3) is 7.89. The molecule has 0 aliphatic carbocycles. The van der Waals surface area contributed by atoms with E-state index in [4.69, 9.17) is 0 Å². The summed E-state index contributed by atoms with van der Waals surface area (Å²) in [7, 11) is 0. The Bertz CT molecular complexity index is 3080. The van der Waals surface area contributed by atoms with Crippen molar-refractivity contribution in [2.24, 2.45) is 0 Å². The first kappa shape index (κ1) is 46.7. The molecule has 10 rings (SSSR count). The van der Waals surface area contributed by atoms with Gasteiger partial charge in [0.2, 0.25) is 0 Å². The summed E-state index contributed by atoms with van der Waals surface area (Å²) in [6, 6.07) is 50.5. The molecule has 3 heterocycles. The van der Waals surface area contributed by atoms with E-state index in [2.05, 4.69) is 266 Å². The molecular formula is C66H75N3. The second kappa shape index (κ2) is 15.2. The molecule has 0 unspecified atom stereocenters. The van der Waals surface area contributed by atoms with Gasteiger partial charge in [0.05, 0.1) is 50.2 Å². The summed E-state index contributed by atoms with van der Waals surface area (Å²) in [5.74, 6) is 0. The molecule has 3 heteroatoms. The molecule has 0 spiro atoms. The number of aromatic nitrogens is 3. The largest absolute Gasteiger partial charge is 0.309 e. The van der Waals surface area contributed by atoms with Crippen LogP contribution in [0.5, 0.6) is 0 Å². The monoisotopic (exact) mass is 910 g/mol. The summed E-state index contributed by atoms with van der Waals surface area (Å²) in [5, 5.41) is 7.74. The average molecular weight is 910 g/mol. The summed E-state index contributed by atoms with van der Waals surface area (Å²) in [6.07, 6.45) is 0. The SMILES string of the molecule is CC(C)(C)c1ccc2c(c1)c1cc(C(C)(C)C)ccc1n2-c1cc(-n2c3ccc(C(C)(C)C)cc3c3cc(C(C)(C)C)ccc32)cc(-n2c3ccc(C(C)(C)C)cc3c3cc(C(C)(C)C)ccc32)c1. The Balaban J connectivity index is 1.37. The molecule has 3 nitrogen and oxygen atoms in total. The van der Waals surface area contributed by atoms with Crippen LogP contribution in [0.25, 0.3) is 82.5 Å². The quantitative estimate of drug-likeness (QED) is 0.168. The highest BCUT2D eigenvalue weighted by Crippen LogP contribution is 2.44. The van der Waals surface area contributed by atoms with Gasteiger partial charge in [0, 0.05) is 32.3 Å². The zero-order valence-electron chi connectivity index (χ0n) is 45.0. The molecule has 10 aromatic rings. The summed E-state index contributed by atoms with van der Waals surface area (Å²) >= 11 is 0. The summed E-state index contributed by atoms with van der Waals surface area (Å²) in [6.45, 7) is 41.8. The van der Waals surface area contributed by atoms with Crippen molar-refractivity contribution in [2.75, 3.05) is 0 Å². The Kier molecular flexibility index (Phi) is 10.3. The van der Waals surface area contributed by atoms with Crippen LogP contribution >= 0.6 is 0 Å². The standard InChI is InChI=1S/C66H75N3/c1-61(2,3)40-19-25-55-49(31-40)50-32-41(62(4,5)6)20-26-56(50)67(55)46-37-47(68-57-27-21-42(63(7,8)9)33-51(57)52-34-43(64(10,11)12)22-28-58(52)68)39-48(38-46)69-59-29-23-44(65(13,14)15)35-53(59)54-36-45(66(16,17)18)24-30-60(54)69/h19-39H,1-18H3. The summed E-state index contributed by atoms with van der Waals surface area (Å²) < 4.78 is 7.63. The van der Waals surface area contributed by atoms with Gasteiger partial charge in [-0.1, -0.05) is 161 Å². The van der Waals surface area contributed by atoms with E-state index < -0.39 is 0 Å². The Hall–Kier alpha value is -6.06. The van der Waals surface area contributed by atoms with Gasteiger partial charge >= 0.3 is 0 Å². The van der Waals surface area contributed by atoms with Crippen LogP contribution < -0.4 is 0 Å². The molecule has 0 aliphatic heterocycles. The van der Waals surface area contributed by atoms with Crippen molar-refractivity contribution in [1.82, 2.24) is 13.7 Å². The summed E-state index contributed by atoms with van der Waals surface area (Å²) in [5.41, 5.74) is 18.8. The van der Waals surface area contributed by atoms with E-state index in [1.165, 1.54) is 98.8 Å². The highest BCUT2D eigenvalue weighted by atomic mass is 15.0. The van der Waals surface area contributed by atoms with Crippen molar-refractivity contribution in [3.8, 4) is 17.1 Å². The van der Waals surface area contributed by atoms with Crippen LogP contribution in [-0.2, 0) is 32.5 Å². The van der Waals surface area contributed by atoms with Crippen molar-refractivity contribution in [3.63, 3.8) is 0 Å². The van der Waals surface area contributed by atoms with Crippen molar-refractivity contribution < 1.29 is 0 Å². The van der Waals surface area contributed by atoms with Crippen LogP contribution in [0.3, 0.4) is 0 Å². The number of benzene rings is 7. The van der Waals surface area contributed by atoms with Gasteiger partial charge in [0.15, 0.2) is 0 Å². The number of hydrogen-bond donors (Lipinski definition) is 0. The van der Waals surface area contributed by atoms with Gasteiger partial charge < -0.3 is 13.7 Å². The third-order valence-electron chi connectivity index (χ3n) is 15.2. The molecule has 354 valence electrons. The minimum absolute atomic E-state index is 0.00380. The molecule has 0 fully saturated rings. The maximum absolute atomic E-state index is 2.54. The molecule has 0 radical (unpaired) electrons. The topological polar surface area (TPSA) is 14.8 Å². The number of nitrogens with zero attached hydrogens (tertiary/aromatic N) is 3. The minimum Gasteiger partial charge on any atom is -0.309 e. The van der Waals surface area contributed by atoms with Crippen LogP contribution in [0.2, 0.25) is 0 Å². The van der Waals surface area contributed by atoms with Gasteiger partial charge in [0.1, 0.15) is 0 Å². The average Bonchev–Trinajstić information content (AvgIpc) is 3.88. The minimum atomic E-state index is 0.00380. The van der Waals surface area contributed by atoms with Crippen LogP contribution in [0.4, 0.5) is 0 Å². The molecule has 3 aromatic heterocycles. The second-order valence-electron chi connectivity index (χ2n) is 26.6. The Morgan fingerprint density at radius 2 is 0.348 bits per heavy atom. The van der Waals surface area contributed by atoms with Gasteiger partial charge in [0.25, 0.3) is 0 Å². The van der Waals surface area contributed by atoms with Crippen LogP contribution in [-0.4, -0.2) is 13.7 Å². The Morgan fingerprint density at radius 3 is 0.478 bits per heavy atom. The first-order chi connectivity index (χ1) is 32.0. The van der Waals surface area contributed by atoms with Crippen LogP contribution in [0.15, 0.2) is 127 Å². The second-order valence-corrected chi connectivity index (χ2v) is 26.6. The van der Waals surface area contributed by atoms with E-state index in [0.29, 0.717) is 0 Å². The highest BCUT2D eigenvalue weighted by molar-refractivity contribution is 6.13. The fourth-order valence-corrected chi connectivity index (χ4v) is 10.7. The number of rotatable bonds is 3. The first-order valence-electron chi connectivity index (χ1n) is 25.4. The molecule has 0 saturated carbocycles. The maximum Gasteiger partial charge on any atom is 0.0541 e. The van der Waals surface area contributed by atoms with Crippen molar-refractivity contribution in [2.45, 2.75) is 157 Å². The fraction of sp³-hybridized carbons (Fsp3) is 0.364. The molecule has 0 atom stereocenters. The third-order valence-corrected chi connectivity index (χ3v) is 15.2. The summed E-state index contributed by atoms with van der Waals surface area (Å²) in [4.78, 5) is 0. The lowest BCUT2D eigenvalue weighted by Crippen LogP contribution is -2.10. The smallest absolute Gasteiger partial charge is 0.0541 e. The van der Waals surface area contributed by atoms with E-state index >= 15 is 0 Å². The van der Waals surface area contributed by atoms with E-state index in [-0.39, 0.29) is 32.5 Å².